The third kappa shape index (κ3) is 5.74. The summed E-state index contributed by atoms with van der Waals surface area (Å²) in [6, 6.07) is 3.83. The number of aromatic nitrogens is 1. The SMILES string of the molecule is COCCOCCOC(CN)c1cccnc1. The van der Waals surface area contributed by atoms with E-state index < -0.39 is 0 Å². The average Bonchev–Trinajstić information content (AvgIpc) is 2.39. The van der Waals surface area contributed by atoms with Gasteiger partial charge in [-0.25, -0.2) is 0 Å². The molecule has 0 spiro atoms. The molecule has 0 aliphatic rings. The second-order valence-electron chi connectivity index (χ2n) is 3.49. The molecule has 0 radical (unpaired) electrons. The predicted octanol–water partition coefficient (Wildman–Crippen LogP) is 0.761. The maximum atomic E-state index is 5.65. The highest BCUT2D eigenvalue weighted by Gasteiger charge is 2.09. The molecular formula is C12H20N2O3. The number of nitrogens with zero attached hydrogens (tertiary/aromatic N) is 1. The molecule has 5 heteroatoms. The van der Waals surface area contributed by atoms with Gasteiger partial charge in [-0.1, -0.05) is 6.07 Å². The molecule has 0 aliphatic heterocycles. The molecule has 1 aromatic heterocycles. The van der Waals surface area contributed by atoms with Gasteiger partial charge in [-0.15, -0.1) is 0 Å². The Labute approximate surface area is 102 Å². The molecule has 0 fully saturated rings. The molecule has 1 rings (SSSR count). The van der Waals surface area contributed by atoms with Crippen LogP contribution in [0.3, 0.4) is 0 Å². The van der Waals surface area contributed by atoms with E-state index in [2.05, 4.69) is 4.98 Å². The van der Waals surface area contributed by atoms with E-state index in [1.165, 1.54) is 0 Å². The summed E-state index contributed by atoms with van der Waals surface area (Å²) >= 11 is 0. The number of rotatable bonds is 9. The zero-order valence-electron chi connectivity index (χ0n) is 10.2. The van der Waals surface area contributed by atoms with Gasteiger partial charge < -0.3 is 19.9 Å². The maximum Gasteiger partial charge on any atom is 0.0963 e. The Morgan fingerprint density at radius 3 is 2.76 bits per heavy atom. The first-order chi connectivity index (χ1) is 8.38. The normalized spacial score (nSPS) is 12.6. The fraction of sp³-hybridized carbons (Fsp3) is 0.583. The number of pyridine rings is 1. The zero-order chi connectivity index (χ0) is 12.3. The van der Waals surface area contributed by atoms with Crippen molar-refractivity contribution in [2.75, 3.05) is 40.1 Å². The Kier molecular flexibility index (Phi) is 7.49. The van der Waals surface area contributed by atoms with Gasteiger partial charge in [0.2, 0.25) is 0 Å². The van der Waals surface area contributed by atoms with E-state index in [1.807, 2.05) is 12.1 Å². The van der Waals surface area contributed by atoms with Crippen molar-refractivity contribution < 1.29 is 14.2 Å². The lowest BCUT2D eigenvalue weighted by Gasteiger charge is -2.15. The van der Waals surface area contributed by atoms with Crippen LogP contribution in [0.15, 0.2) is 24.5 Å². The van der Waals surface area contributed by atoms with Crippen LogP contribution in [0.25, 0.3) is 0 Å². The summed E-state index contributed by atoms with van der Waals surface area (Å²) in [5.41, 5.74) is 6.65. The van der Waals surface area contributed by atoms with Crippen LogP contribution >= 0.6 is 0 Å². The van der Waals surface area contributed by atoms with Crippen molar-refractivity contribution in [3.05, 3.63) is 30.1 Å². The van der Waals surface area contributed by atoms with Gasteiger partial charge in [0, 0.05) is 31.6 Å². The first-order valence-corrected chi connectivity index (χ1v) is 5.66. The molecule has 0 bridgehead atoms. The van der Waals surface area contributed by atoms with E-state index in [0.29, 0.717) is 33.0 Å². The monoisotopic (exact) mass is 240 g/mol. The molecule has 0 aromatic carbocycles. The Bertz CT molecular complexity index is 282. The van der Waals surface area contributed by atoms with Crippen molar-refractivity contribution in [2.45, 2.75) is 6.10 Å². The van der Waals surface area contributed by atoms with E-state index in [-0.39, 0.29) is 6.10 Å². The minimum Gasteiger partial charge on any atom is -0.382 e. The van der Waals surface area contributed by atoms with Gasteiger partial charge in [-0.2, -0.15) is 0 Å². The van der Waals surface area contributed by atoms with E-state index >= 15 is 0 Å². The summed E-state index contributed by atoms with van der Waals surface area (Å²) in [6.07, 6.45) is 3.38. The number of methoxy groups -OCH3 is 1. The van der Waals surface area contributed by atoms with Crippen molar-refractivity contribution >= 4 is 0 Å². The third-order valence-corrected chi connectivity index (χ3v) is 2.25. The highest BCUT2D eigenvalue weighted by molar-refractivity contribution is 5.12. The Balaban J connectivity index is 2.20. The van der Waals surface area contributed by atoms with Crippen LogP contribution in [-0.4, -0.2) is 45.1 Å². The van der Waals surface area contributed by atoms with Crippen LogP contribution in [0.4, 0.5) is 0 Å². The summed E-state index contributed by atoms with van der Waals surface area (Å²) in [4.78, 5) is 4.04. The topological polar surface area (TPSA) is 66.6 Å². The molecule has 1 atom stereocenters. The molecule has 0 saturated heterocycles. The van der Waals surface area contributed by atoms with Gasteiger partial charge in [0.1, 0.15) is 0 Å². The fourth-order valence-electron chi connectivity index (χ4n) is 1.36. The molecule has 0 amide bonds. The molecule has 1 heterocycles. The van der Waals surface area contributed by atoms with Crippen LogP contribution in [0.1, 0.15) is 11.7 Å². The van der Waals surface area contributed by atoms with Crippen molar-refractivity contribution in [2.24, 2.45) is 5.73 Å². The molecule has 96 valence electrons. The summed E-state index contributed by atoms with van der Waals surface area (Å²) < 4.78 is 15.8. The summed E-state index contributed by atoms with van der Waals surface area (Å²) in [5.74, 6) is 0. The van der Waals surface area contributed by atoms with Gasteiger partial charge in [-0.3, -0.25) is 4.98 Å². The second-order valence-corrected chi connectivity index (χ2v) is 3.49. The maximum absolute atomic E-state index is 5.65. The summed E-state index contributed by atoms with van der Waals surface area (Å²) in [5, 5.41) is 0. The van der Waals surface area contributed by atoms with Gasteiger partial charge in [0.25, 0.3) is 0 Å². The predicted molar refractivity (Wildman–Crippen MR) is 64.7 cm³/mol. The quantitative estimate of drug-likeness (QED) is 0.645. The summed E-state index contributed by atoms with van der Waals surface area (Å²) in [6.45, 7) is 2.67. The van der Waals surface area contributed by atoms with Gasteiger partial charge in [-0.05, 0) is 6.07 Å². The highest BCUT2D eigenvalue weighted by atomic mass is 16.5. The zero-order valence-corrected chi connectivity index (χ0v) is 10.2. The largest absolute Gasteiger partial charge is 0.382 e. The first kappa shape index (κ1) is 14.1. The van der Waals surface area contributed by atoms with Crippen LogP contribution < -0.4 is 5.73 Å². The van der Waals surface area contributed by atoms with E-state index in [0.717, 1.165) is 5.56 Å². The number of ether oxygens (including phenoxy) is 3. The van der Waals surface area contributed by atoms with Crippen molar-refractivity contribution in [3.63, 3.8) is 0 Å². The molecular weight excluding hydrogens is 220 g/mol. The van der Waals surface area contributed by atoms with Gasteiger partial charge >= 0.3 is 0 Å². The van der Waals surface area contributed by atoms with E-state index in [4.69, 9.17) is 19.9 Å². The molecule has 1 aromatic rings. The van der Waals surface area contributed by atoms with Gasteiger partial charge in [0.15, 0.2) is 0 Å². The van der Waals surface area contributed by atoms with Crippen LogP contribution in [-0.2, 0) is 14.2 Å². The molecule has 1 unspecified atom stereocenters. The molecule has 0 saturated carbocycles. The minimum absolute atomic E-state index is 0.116. The second kappa shape index (κ2) is 9.07. The van der Waals surface area contributed by atoms with Crippen molar-refractivity contribution in [1.82, 2.24) is 4.98 Å². The van der Waals surface area contributed by atoms with Crippen molar-refractivity contribution in [3.8, 4) is 0 Å². The molecule has 2 N–H and O–H groups in total. The fourth-order valence-corrected chi connectivity index (χ4v) is 1.36. The van der Waals surface area contributed by atoms with E-state index in [1.54, 1.807) is 19.5 Å². The molecule has 5 nitrogen and oxygen atoms in total. The van der Waals surface area contributed by atoms with Gasteiger partial charge in [0.05, 0.1) is 32.5 Å². The van der Waals surface area contributed by atoms with Crippen LogP contribution in [0, 0.1) is 0 Å². The lowest BCUT2D eigenvalue weighted by Crippen LogP contribution is -2.18. The van der Waals surface area contributed by atoms with E-state index in [9.17, 15) is 0 Å². The first-order valence-electron chi connectivity index (χ1n) is 5.66. The average molecular weight is 240 g/mol. The lowest BCUT2D eigenvalue weighted by atomic mass is 10.2. The number of hydrogen-bond acceptors (Lipinski definition) is 5. The number of nitrogens with two attached hydrogens (primary N) is 1. The minimum atomic E-state index is -0.116. The van der Waals surface area contributed by atoms with Crippen molar-refractivity contribution in [1.29, 1.82) is 0 Å². The smallest absolute Gasteiger partial charge is 0.0963 e. The Hall–Kier alpha value is -1.01. The standard InChI is InChI=1S/C12H20N2O3/c1-15-5-6-16-7-8-17-12(9-13)11-3-2-4-14-10-11/h2-4,10,12H,5-9,13H2,1H3. The molecule has 0 aliphatic carbocycles. The third-order valence-electron chi connectivity index (χ3n) is 2.25. The number of hydrogen-bond donors (Lipinski definition) is 1. The Morgan fingerprint density at radius 2 is 2.12 bits per heavy atom. The Morgan fingerprint density at radius 1 is 1.29 bits per heavy atom. The highest BCUT2D eigenvalue weighted by Crippen LogP contribution is 2.13. The summed E-state index contributed by atoms with van der Waals surface area (Å²) in [7, 11) is 1.65. The van der Waals surface area contributed by atoms with Crippen LogP contribution in [0.5, 0.6) is 0 Å². The molecule has 17 heavy (non-hydrogen) atoms. The lowest BCUT2D eigenvalue weighted by molar-refractivity contribution is -0.00432. The van der Waals surface area contributed by atoms with Crippen LogP contribution in [0.2, 0.25) is 0 Å².